The fourth-order valence-corrected chi connectivity index (χ4v) is 6.46. The van der Waals surface area contributed by atoms with Gasteiger partial charge >= 0.3 is 11.1 Å². The quantitative estimate of drug-likeness (QED) is 0.316. The molecule has 1 aliphatic carbocycles. The number of likely N-dealkylation sites (tertiary alicyclic amines) is 1. The van der Waals surface area contributed by atoms with E-state index in [1.54, 1.807) is 4.90 Å². The average Bonchev–Trinajstić information content (AvgIpc) is 3.34. The lowest BCUT2D eigenvalue weighted by molar-refractivity contribution is -0.151. The molecule has 38 heavy (non-hydrogen) atoms. The van der Waals surface area contributed by atoms with Crippen LogP contribution in [0, 0.1) is 11.8 Å². The number of nitrogens with one attached hydrogen (secondary N) is 3. The second-order valence-corrected chi connectivity index (χ2v) is 11.3. The van der Waals surface area contributed by atoms with E-state index in [2.05, 4.69) is 15.3 Å². The van der Waals surface area contributed by atoms with E-state index >= 15 is 0 Å². The molecule has 11 nitrogen and oxygen atoms in total. The summed E-state index contributed by atoms with van der Waals surface area (Å²) in [6.45, 7) is 2.11. The summed E-state index contributed by atoms with van der Waals surface area (Å²) in [7, 11) is 0. The molecule has 0 spiro atoms. The lowest BCUT2D eigenvalue weighted by Crippen LogP contribution is -2.59. The number of fused-ring (bicyclic) bond motifs is 2. The minimum Gasteiger partial charge on any atom is -0.368 e. The van der Waals surface area contributed by atoms with Gasteiger partial charge in [0, 0.05) is 24.1 Å². The first kappa shape index (κ1) is 26.6. The molecule has 2 aromatic rings. The third-order valence-corrected chi connectivity index (χ3v) is 8.42. The molecule has 0 bridgehead atoms. The van der Waals surface area contributed by atoms with Gasteiger partial charge in [0.2, 0.25) is 5.91 Å². The molecule has 1 unspecified atom stereocenters. The number of carbonyl (C=O) groups excluding carboxylic acids is 3. The van der Waals surface area contributed by atoms with E-state index in [1.807, 2.05) is 6.92 Å². The molecule has 2 aliphatic heterocycles. The Hall–Kier alpha value is -3.02. The van der Waals surface area contributed by atoms with Gasteiger partial charge in [-0.05, 0) is 63.1 Å². The molecule has 3 fully saturated rings. The molecule has 3 aliphatic rings. The van der Waals surface area contributed by atoms with Crippen molar-refractivity contribution in [2.45, 2.75) is 68.6 Å². The molecule has 1 aromatic carbocycles. The number of alkyl halides is 1. The zero-order valence-electron chi connectivity index (χ0n) is 21.1. The van der Waals surface area contributed by atoms with Gasteiger partial charge in [-0.1, -0.05) is 0 Å². The largest absolute Gasteiger partial charge is 0.368 e. The molecular weight excluding hydrogens is 514 g/mol. The molecule has 0 radical (unpaired) electrons. The minimum absolute atomic E-state index is 0.0522. The van der Waals surface area contributed by atoms with Crippen LogP contribution in [0.25, 0.3) is 11.0 Å². The fourth-order valence-electron chi connectivity index (χ4n) is 6.20. The van der Waals surface area contributed by atoms with Gasteiger partial charge in [0.25, 0.3) is 5.91 Å². The van der Waals surface area contributed by atoms with Gasteiger partial charge in [-0.3, -0.25) is 24.0 Å². The van der Waals surface area contributed by atoms with Crippen LogP contribution in [0.15, 0.2) is 27.8 Å². The first-order chi connectivity index (χ1) is 18.1. The highest BCUT2D eigenvalue weighted by atomic mass is 35.5. The number of nitrogens with two attached hydrogens (primary N) is 1. The molecule has 2 amide bonds. The number of ether oxygens (including phenoxy) is 1. The monoisotopic (exact) mass is 545 g/mol. The van der Waals surface area contributed by atoms with Crippen LogP contribution in [-0.2, 0) is 14.3 Å². The summed E-state index contributed by atoms with van der Waals surface area (Å²) in [5.41, 5.74) is 5.40. The van der Waals surface area contributed by atoms with Gasteiger partial charge in [-0.15, -0.1) is 11.6 Å². The predicted octanol–water partition coefficient (Wildman–Crippen LogP) is 0.645. The standard InChI is InChI=1S/C26H32ClN5O6/c1-12(27)22-16-8-9-32(21(16)19(33)11-38-22)26(37)20(13-2-5-15(28)6-3-13)31-23(34)14-4-7-17-18(10-14)30-25(36)24(35)29-17/h4,7,10,12-13,15-16,20-22H,2-3,5-6,8-9,11,28H2,1H3,(H,29,35)(H,30,36)(H,31,34)/t12-,13?,15?,16+,20-,21-,22?/m0/s1. The van der Waals surface area contributed by atoms with Crippen molar-refractivity contribution in [1.29, 1.82) is 0 Å². The van der Waals surface area contributed by atoms with Crippen LogP contribution in [0.5, 0.6) is 0 Å². The van der Waals surface area contributed by atoms with E-state index in [1.165, 1.54) is 18.2 Å². The highest BCUT2D eigenvalue weighted by molar-refractivity contribution is 6.20. The second kappa shape index (κ2) is 10.6. The predicted molar refractivity (Wildman–Crippen MR) is 140 cm³/mol. The van der Waals surface area contributed by atoms with Crippen molar-refractivity contribution in [2.75, 3.05) is 13.2 Å². The lowest BCUT2D eigenvalue weighted by Gasteiger charge is -2.39. The molecule has 1 aromatic heterocycles. The summed E-state index contributed by atoms with van der Waals surface area (Å²) < 4.78 is 5.71. The van der Waals surface area contributed by atoms with Gasteiger partial charge in [-0.2, -0.15) is 0 Å². The van der Waals surface area contributed by atoms with Crippen LogP contribution in [-0.4, -0.2) is 75.2 Å². The van der Waals surface area contributed by atoms with Crippen LogP contribution < -0.4 is 22.2 Å². The number of nitrogens with zero attached hydrogens (tertiary/aromatic N) is 1. The first-order valence-electron chi connectivity index (χ1n) is 13.1. The van der Waals surface area contributed by atoms with E-state index in [0.29, 0.717) is 36.8 Å². The summed E-state index contributed by atoms with van der Waals surface area (Å²) >= 11 is 6.34. The Morgan fingerprint density at radius 3 is 2.45 bits per heavy atom. The molecule has 12 heteroatoms. The number of carbonyl (C=O) groups is 3. The van der Waals surface area contributed by atoms with Crippen molar-refractivity contribution < 1.29 is 19.1 Å². The summed E-state index contributed by atoms with van der Waals surface area (Å²) in [5.74, 6) is -1.27. The zero-order chi connectivity index (χ0) is 27.1. The van der Waals surface area contributed by atoms with Crippen molar-refractivity contribution in [1.82, 2.24) is 20.2 Å². The van der Waals surface area contributed by atoms with Crippen LogP contribution in [0.3, 0.4) is 0 Å². The van der Waals surface area contributed by atoms with Crippen LogP contribution in [0.2, 0.25) is 0 Å². The number of hydrogen-bond acceptors (Lipinski definition) is 7. The van der Waals surface area contributed by atoms with Crippen LogP contribution >= 0.6 is 11.6 Å². The number of aromatic amines is 2. The number of aromatic nitrogens is 2. The van der Waals surface area contributed by atoms with Crippen molar-refractivity contribution >= 4 is 40.2 Å². The second-order valence-electron chi connectivity index (χ2n) is 10.6. The topological polar surface area (TPSA) is 167 Å². The van der Waals surface area contributed by atoms with Crippen molar-refractivity contribution in [3.63, 3.8) is 0 Å². The van der Waals surface area contributed by atoms with Gasteiger partial charge in [0.05, 0.1) is 28.6 Å². The van der Waals surface area contributed by atoms with Gasteiger partial charge in [0.15, 0.2) is 5.78 Å². The molecule has 204 valence electrons. The molecule has 5 N–H and O–H groups in total. The van der Waals surface area contributed by atoms with E-state index in [0.717, 1.165) is 12.8 Å². The lowest BCUT2D eigenvalue weighted by atomic mass is 9.80. The number of H-pyrrole nitrogens is 2. The van der Waals surface area contributed by atoms with E-state index in [4.69, 9.17) is 22.1 Å². The minimum atomic E-state index is -0.846. The number of benzene rings is 1. The Morgan fingerprint density at radius 1 is 1.08 bits per heavy atom. The third-order valence-electron chi connectivity index (χ3n) is 8.18. The van der Waals surface area contributed by atoms with Crippen molar-refractivity contribution in [3.05, 3.63) is 44.5 Å². The fraction of sp³-hybridized carbons (Fsp3) is 0.577. The Bertz CT molecular complexity index is 1360. The maximum atomic E-state index is 14.0. The number of halogens is 1. The van der Waals surface area contributed by atoms with Crippen molar-refractivity contribution in [2.24, 2.45) is 17.6 Å². The molecule has 2 saturated heterocycles. The number of ketones is 1. The Kier molecular flexibility index (Phi) is 7.43. The van der Waals surface area contributed by atoms with E-state index < -0.39 is 29.1 Å². The Labute approximate surface area is 223 Å². The summed E-state index contributed by atoms with van der Waals surface area (Å²) in [4.78, 5) is 70.2. The number of Topliss-reactive ketones (excluding diaryl/α,β-unsaturated/α-hetero) is 1. The van der Waals surface area contributed by atoms with Crippen LogP contribution in [0.1, 0.15) is 49.4 Å². The normalized spacial score (nSPS) is 29.1. The smallest absolute Gasteiger partial charge is 0.314 e. The molecular formula is C26H32ClN5O6. The molecule has 3 heterocycles. The van der Waals surface area contributed by atoms with Gasteiger partial charge < -0.3 is 30.7 Å². The number of rotatable bonds is 5. The van der Waals surface area contributed by atoms with Gasteiger partial charge in [-0.25, -0.2) is 0 Å². The molecule has 5 atom stereocenters. The first-order valence-corrected chi connectivity index (χ1v) is 13.5. The average molecular weight is 546 g/mol. The van der Waals surface area contributed by atoms with E-state index in [-0.39, 0.29) is 53.2 Å². The van der Waals surface area contributed by atoms with Crippen molar-refractivity contribution in [3.8, 4) is 0 Å². The zero-order valence-corrected chi connectivity index (χ0v) is 21.8. The van der Waals surface area contributed by atoms with E-state index in [9.17, 15) is 24.0 Å². The Balaban J connectivity index is 1.42. The highest BCUT2D eigenvalue weighted by Gasteiger charge is 2.51. The van der Waals surface area contributed by atoms with Crippen LogP contribution in [0.4, 0.5) is 0 Å². The number of hydrogen-bond donors (Lipinski definition) is 4. The maximum Gasteiger partial charge on any atom is 0.314 e. The van der Waals surface area contributed by atoms with Gasteiger partial charge in [0.1, 0.15) is 12.6 Å². The highest BCUT2D eigenvalue weighted by Crippen LogP contribution is 2.37. The third kappa shape index (κ3) is 5.02. The summed E-state index contributed by atoms with van der Waals surface area (Å²) in [6, 6.07) is 3.08. The number of amides is 2. The maximum absolute atomic E-state index is 14.0. The Morgan fingerprint density at radius 2 is 1.76 bits per heavy atom. The SMILES string of the molecule is C[C@H](Cl)C1OCC(=O)[C@@H]2[C@H]1CCN2C(=O)[C@@H](NC(=O)c1ccc2[nH]c(=O)c(=O)[nH]c2c1)C1CCC(N)CC1. The molecule has 1 saturated carbocycles. The summed E-state index contributed by atoms with van der Waals surface area (Å²) in [6.07, 6.45) is 3.08. The summed E-state index contributed by atoms with van der Waals surface area (Å²) in [5, 5.41) is 2.62. The molecule has 5 rings (SSSR count).